The van der Waals surface area contributed by atoms with Gasteiger partial charge >= 0.3 is 0 Å². The normalized spacial score (nSPS) is 12.3. The SMILES string of the molecule is CN(C)CCn1ccc(NC(=O)CCCS(=O)c2ccc(Br)cc2)n1. The number of aromatic nitrogens is 2. The molecule has 136 valence electrons. The highest BCUT2D eigenvalue weighted by Gasteiger charge is 2.08. The van der Waals surface area contributed by atoms with Crippen molar-refractivity contribution in [1.82, 2.24) is 14.7 Å². The number of amides is 1. The highest BCUT2D eigenvalue weighted by Crippen LogP contribution is 2.14. The predicted molar refractivity (Wildman–Crippen MR) is 104 cm³/mol. The maximum absolute atomic E-state index is 12.2. The Morgan fingerprint density at radius 1 is 1.28 bits per heavy atom. The van der Waals surface area contributed by atoms with Gasteiger partial charge in [0.25, 0.3) is 0 Å². The summed E-state index contributed by atoms with van der Waals surface area (Å²) in [6.45, 7) is 1.66. The molecular formula is C17H23BrN4O2S. The van der Waals surface area contributed by atoms with Gasteiger partial charge in [0.05, 0.1) is 17.3 Å². The molecule has 1 atom stereocenters. The number of rotatable bonds is 9. The first-order valence-electron chi connectivity index (χ1n) is 8.06. The standard InChI is InChI=1S/C17H23BrN4O2S/c1-21(2)11-12-22-10-9-16(20-22)19-17(23)4-3-13-25(24)15-7-5-14(18)6-8-15/h5-10H,3-4,11-13H2,1-2H3,(H,19,20,23). The number of hydrogen-bond donors (Lipinski definition) is 1. The smallest absolute Gasteiger partial charge is 0.225 e. The third-order valence-corrected chi connectivity index (χ3v) is 5.48. The predicted octanol–water partition coefficient (Wildman–Crippen LogP) is 2.73. The molecule has 1 amide bonds. The number of carbonyl (C=O) groups excluding carboxylic acids is 1. The van der Waals surface area contributed by atoms with Crippen molar-refractivity contribution >= 4 is 38.5 Å². The van der Waals surface area contributed by atoms with E-state index in [9.17, 15) is 9.00 Å². The van der Waals surface area contributed by atoms with Gasteiger partial charge < -0.3 is 10.2 Å². The zero-order valence-electron chi connectivity index (χ0n) is 14.4. The van der Waals surface area contributed by atoms with Crippen molar-refractivity contribution in [2.45, 2.75) is 24.3 Å². The monoisotopic (exact) mass is 426 g/mol. The Morgan fingerprint density at radius 3 is 2.68 bits per heavy atom. The molecule has 0 radical (unpaired) electrons. The quantitative estimate of drug-likeness (QED) is 0.669. The number of halogens is 1. The Balaban J connectivity index is 1.71. The van der Waals surface area contributed by atoms with Crippen molar-refractivity contribution < 1.29 is 9.00 Å². The zero-order valence-corrected chi connectivity index (χ0v) is 16.8. The van der Waals surface area contributed by atoms with Gasteiger partial charge in [-0.3, -0.25) is 13.7 Å². The molecule has 0 saturated heterocycles. The lowest BCUT2D eigenvalue weighted by Crippen LogP contribution is -2.19. The van der Waals surface area contributed by atoms with E-state index in [1.807, 2.05) is 44.6 Å². The number of hydrogen-bond acceptors (Lipinski definition) is 4. The second kappa shape index (κ2) is 9.84. The van der Waals surface area contributed by atoms with Gasteiger partial charge in [0.15, 0.2) is 5.82 Å². The van der Waals surface area contributed by atoms with Crippen LogP contribution in [0.5, 0.6) is 0 Å². The first kappa shape index (κ1) is 19.8. The molecule has 0 aliphatic rings. The molecule has 0 fully saturated rings. The van der Waals surface area contributed by atoms with Gasteiger partial charge in [0.1, 0.15) is 0 Å². The molecule has 2 aromatic rings. The average molecular weight is 427 g/mol. The summed E-state index contributed by atoms with van der Waals surface area (Å²) in [4.78, 5) is 14.8. The van der Waals surface area contributed by atoms with Crippen LogP contribution in [0.2, 0.25) is 0 Å². The van der Waals surface area contributed by atoms with Gasteiger partial charge in [-0.15, -0.1) is 0 Å². The molecule has 1 aromatic carbocycles. The molecule has 1 unspecified atom stereocenters. The van der Waals surface area contributed by atoms with Crippen LogP contribution >= 0.6 is 15.9 Å². The van der Waals surface area contributed by atoms with E-state index in [1.165, 1.54) is 0 Å². The summed E-state index contributed by atoms with van der Waals surface area (Å²) >= 11 is 3.35. The molecule has 1 heterocycles. The second-order valence-corrected chi connectivity index (χ2v) is 8.41. The lowest BCUT2D eigenvalue weighted by molar-refractivity contribution is -0.116. The van der Waals surface area contributed by atoms with E-state index in [0.29, 0.717) is 24.4 Å². The van der Waals surface area contributed by atoms with Crippen LogP contribution in [0.1, 0.15) is 12.8 Å². The Hall–Kier alpha value is -1.51. The minimum absolute atomic E-state index is 0.106. The van der Waals surface area contributed by atoms with E-state index in [0.717, 1.165) is 22.5 Å². The molecule has 6 nitrogen and oxygen atoms in total. The van der Waals surface area contributed by atoms with Crippen LogP contribution in [0.15, 0.2) is 45.9 Å². The van der Waals surface area contributed by atoms with E-state index in [2.05, 4.69) is 31.2 Å². The maximum atomic E-state index is 12.2. The van der Waals surface area contributed by atoms with Gasteiger partial charge in [0, 0.05) is 40.3 Å². The minimum atomic E-state index is -1.08. The van der Waals surface area contributed by atoms with Crippen LogP contribution < -0.4 is 5.32 Å². The molecule has 0 aliphatic carbocycles. The van der Waals surface area contributed by atoms with Crippen LogP contribution in [0.25, 0.3) is 0 Å². The molecule has 25 heavy (non-hydrogen) atoms. The highest BCUT2D eigenvalue weighted by atomic mass is 79.9. The topological polar surface area (TPSA) is 67.2 Å². The van der Waals surface area contributed by atoms with Crippen molar-refractivity contribution in [3.8, 4) is 0 Å². The summed E-state index contributed by atoms with van der Waals surface area (Å²) in [6.07, 6.45) is 2.74. The summed E-state index contributed by atoms with van der Waals surface area (Å²) < 4.78 is 14.9. The fraction of sp³-hybridized carbons (Fsp3) is 0.412. The summed E-state index contributed by atoms with van der Waals surface area (Å²) in [5.41, 5.74) is 0. The number of nitrogens with zero attached hydrogens (tertiary/aromatic N) is 3. The molecule has 0 spiro atoms. The Bertz CT molecular complexity index is 716. The second-order valence-electron chi connectivity index (χ2n) is 5.92. The number of nitrogens with one attached hydrogen (secondary N) is 1. The Kier molecular flexibility index (Phi) is 7.80. The minimum Gasteiger partial charge on any atom is -0.309 e. The van der Waals surface area contributed by atoms with Gasteiger partial charge in [-0.2, -0.15) is 5.10 Å². The average Bonchev–Trinajstić information content (AvgIpc) is 3.01. The maximum Gasteiger partial charge on any atom is 0.225 e. The highest BCUT2D eigenvalue weighted by molar-refractivity contribution is 9.10. The Morgan fingerprint density at radius 2 is 2.00 bits per heavy atom. The van der Waals surface area contributed by atoms with Crippen LogP contribution in [0, 0.1) is 0 Å². The first-order valence-corrected chi connectivity index (χ1v) is 10.2. The van der Waals surface area contributed by atoms with Gasteiger partial charge in [0.2, 0.25) is 5.91 Å². The molecule has 1 N–H and O–H groups in total. The molecular weight excluding hydrogens is 404 g/mol. The van der Waals surface area contributed by atoms with Gasteiger partial charge in [-0.05, 0) is 44.8 Å². The molecule has 1 aromatic heterocycles. The van der Waals surface area contributed by atoms with E-state index in [1.54, 1.807) is 10.7 Å². The van der Waals surface area contributed by atoms with Gasteiger partial charge in [-0.1, -0.05) is 15.9 Å². The van der Waals surface area contributed by atoms with Crippen LogP contribution in [-0.2, 0) is 22.1 Å². The lowest BCUT2D eigenvalue weighted by atomic mass is 10.3. The molecule has 0 aliphatic heterocycles. The zero-order chi connectivity index (χ0) is 18.2. The summed E-state index contributed by atoms with van der Waals surface area (Å²) in [6, 6.07) is 9.19. The number of benzene rings is 1. The molecule has 0 saturated carbocycles. The first-order chi connectivity index (χ1) is 11.9. The fourth-order valence-corrected chi connectivity index (χ4v) is 3.47. The third-order valence-electron chi connectivity index (χ3n) is 3.49. The van der Waals surface area contributed by atoms with Crippen LogP contribution in [0.3, 0.4) is 0 Å². The van der Waals surface area contributed by atoms with E-state index in [4.69, 9.17) is 0 Å². The third kappa shape index (κ3) is 7.09. The molecule has 8 heteroatoms. The van der Waals surface area contributed by atoms with E-state index in [-0.39, 0.29) is 5.91 Å². The number of likely N-dealkylation sites (N-methyl/N-ethyl adjacent to an activating group) is 1. The summed E-state index contributed by atoms with van der Waals surface area (Å²) in [5.74, 6) is 0.912. The van der Waals surface area contributed by atoms with Crippen molar-refractivity contribution in [1.29, 1.82) is 0 Å². The van der Waals surface area contributed by atoms with Crippen LogP contribution in [0.4, 0.5) is 5.82 Å². The lowest BCUT2D eigenvalue weighted by Gasteiger charge is -2.08. The van der Waals surface area contributed by atoms with E-state index >= 15 is 0 Å². The Labute approximate surface area is 159 Å². The van der Waals surface area contributed by atoms with Crippen molar-refractivity contribution in [3.05, 3.63) is 41.0 Å². The molecule has 0 bridgehead atoms. The van der Waals surface area contributed by atoms with Gasteiger partial charge in [-0.25, -0.2) is 0 Å². The van der Waals surface area contributed by atoms with Crippen molar-refractivity contribution in [2.24, 2.45) is 0 Å². The van der Waals surface area contributed by atoms with Crippen LogP contribution in [-0.4, -0.2) is 51.2 Å². The van der Waals surface area contributed by atoms with Crippen molar-refractivity contribution in [2.75, 3.05) is 31.7 Å². The number of anilines is 1. The van der Waals surface area contributed by atoms with Crippen molar-refractivity contribution in [3.63, 3.8) is 0 Å². The fourth-order valence-electron chi connectivity index (χ4n) is 2.13. The summed E-state index contributed by atoms with van der Waals surface area (Å²) in [7, 11) is 2.93. The molecule has 2 rings (SSSR count). The number of carbonyl (C=O) groups is 1. The largest absolute Gasteiger partial charge is 0.309 e. The van der Waals surface area contributed by atoms with E-state index < -0.39 is 10.8 Å². The summed E-state index contributed by atoms with van der Waals surface area (Å²) in [5, 5.41) is 7.10.